The van der Waals surface area contributed by atoms with Crippen LogP contribution in [0.5, 0.6) is 0 Å². The fourth-order valence-corrected chi connectivity index (χ4v) is 2.24. The molecule has 0 atom stereocenters. The molecule has 1 aromatic rings. The Labute approximate surface area is 144 Å². The second kappa shape index (κ2) is 8.96. The summed E-state index contributed by atoms with van der Waals surface area (Å²) in [4.78, 5) is 0. The lowest BCUT2D eigenvalue weighted by Gasteiger charge is -2.27. The molecule has 0 heterocycles. The first-order chi connectivity index (χ1) is 10.5. The van der Waals surface area contributed by atoms with Crippen molar-refractivity contribution in [1.82, 2.24) is 5.32 Å². The van der Waals surface area contributed by atoms with E-state index in [1.54, 1.807) is 0 Å². The van der Waals surface area contributed by atoms with Crippen molar-refractivity contribution in [3.05, 3.63) is 48.0 Å². The van der Waals surface area contributed by atoms with Crippen molar-refractivity contribution in [2.24, 2.45) is 5.41 Å². The third kappa shape index (κ3) is 8.06. The summed E-state index contributed by atoms with van der Waals surface area (Å²) in [6.45, 7) is 23.6. The zero-order valence-corrected chi connectivity index (χ0v) is 16.8. The van der Waals surface area contributed by atoms with Gasteiger partial charge >= 0.3 is 0 Å². The summed E-state index contributed by atoms with van der Waals surface area (Å²) in [6, 6.07) is 8.66. The summed E-state index contributed by atoms with van der Waals surface area (Å²) in [6.07, 6.45) is 3.38. The Balaban J connectivity index is 0.00000232. The van der Waals surface area contributed by atoms with Gasteiger partial charge in [-0.25, -0.2) is 0 Å². The van der Waals surface area contributed by atoms with Crippen LogP contribution in [0.3, 0.4) is 0 Å². The smallest absolute Gasteiger partial charge is 0.0344 e. The molecule has 130 valence electrons. The molecule has 1 heteroatoms. The SMILES string of the molecule is C=C(NC(C)(C)CC)c1ccc(/C(C)=C/C(C)(C)C)cc1.CC. The quantitative estimate of drug-likeness (QED) is 0.622. The Bertz CT molecular complexity index is 510. The Morgan fingerprint density at radius 3 is 1.83 bits per heavy atom. The lowest BCUT2D eigenvalue weighted by Crippen LogP contribution is -2.36. The molecule has 1 nitrogen and oxygen atoms in total. The van der Waals surface area contributed by atoms with Crippen molar-refractivity contribution < 1.29 is 0 Å². The van der Waals surface area contributed by atoms with Crippen LogP contribution in [0.25, 0.3) is 11.3 Å². The zero-order valence-electron chi connectivity index (χ0n) is 16.8. The molecule has 0 aromatic heterocycles. The molecule has 23 heavy (non-hydrogen) atoms. The van der Waals surface area contributed by atoms with E-state index in [-0.39, 0.29) is 11.0 Å². The predicted molar refractivity (Wildman–Crippen MR) is 107 cm³/mol. The summed E-state index contributed by atoms with van der Waals surface area (Å²) < 4.78 is 0. The van der Waals surface area contributed by atoms with Gasteiger partial charge in [0.05, 0.1) is 0 Å². The van der Waals surface area contributed by atoms with Crippen LogP contribution in [0.4, 0.5) is 0 Å². The maximum Gasteiger partial charge on any atom is 0.0344 e. The van der Waals surface area contributed by atoms with E-state index < -0.39 is 0 Å². The average Bonchev–Trinajstić information content (AvgIpc) is 2.47. The third-order valence-electron chi connectivity index (χ3n) is 3.71. The molecule has 0 aliphatic heterocycles. The van der Waals surface area contributed by atoms with Crippen molar-refractivity contribution >= 4 is 11.3 Å². The van der Waals surface area contributed by atoms with Crippen molar-refractivity contribution in [2.75, 3.05) is 0 Å². The van der Waals surface area contributed by atoms with E-state index in [1.165, 1.54) is 11.1 Å². The third-order valence-corrected chi connectivity index (χ3v) is 3.71. The van der Waals surface area contributed by atoms with Crippen LogP contribution in [-0.4, -0.2) is 5.54 Å². The second-order valence-corrected chi connectivity index (χ2v) is 7.61. The Kier molecular flexibility index (Phi) is 8.37. The average molecular weight is 316 g/mol. The minimum absolute atomic E-state index is 0.0812. The molecule has 1 aromatic carbocycles. The van der Waals surface area contributed by atoms with Gasteiger partial charge in [0.1, 0.15) is 0 Å². The highest BCUT2D eigenvalue weighted by Gasteiger charge is 2.15. The molecule has 0 bridgehead atoms. The van der Waals surface area contributed by atoms with E-state index in [0.717, 1.165) is 17.7 Å². The molecule has 0 saturated carbocycles. The lowest BCUT2D eigenvalue weighted by atomic mass is 9.91. The van der Waals surface area contributed by atoms with Gasteiger partial charge < -0.3 is 5.32 Å². The molecule has 0 amide bonds. The highest BCUT2D eigenvalue weighted by atomic mass is 15.0. The van der Waals surface area contributed by atoms with E-state index >= 15 is 0 Å². The van der Waals surface area contributed by atoms with Crippen molar-refractivity contribution in [2.45, 2.75) is 74.3 Å². The fourth-order valence-electron chi connectivity index (χ4n) is 2.24. The van der Waals surface area contributed by atoms with Gasteiger partial charge in [-0.1, -0.05) is 78.5 Å². The van der Waals surface area contributed by atoms with E-state index in [4.69, 9.17) is 0 Å². The predicted octanol–water partition coefficient (Wildman–Crippen LogP) is 6.91. The summed E-state index contributed by atoms with van der Waals surface area (Å²) in [5.74, 6) is 0. The molecule has 0 aliphatic rings. The molecule has 0 aliphatic carbocycles. The highest BCUT2D eigenvalue weighted by Crippen LogP contribution is 2.24. The summed E-state index contributed by atoms with van der Waals surface area (Å²) in [5, 5.41) is 3.50. The number of hydrogen-bond acceptors (Lipinski definition) is 1. The standard InChI is InChI=1S/C20H31N.C2H6/c1-9-20(7,8)21-16(3)18-12-10-17(11-13-18)15(2)14-19(4,5)6;1-2/h10-14,21H,3,9H2,1-2,4-8H3;1-2H3/b15-14+;. The molecule has 0 radical (unpaired) electrons. The number of rotatable bonds is 5. The summed E-state index contributed by atoms with van der Waals surface area (Å²) in [5.41, 5.74) is 5.03. The van der Waals surface area contributed by atoms with Crippen LogP contribution in [0.2, 0.25) is 0 Å². The van der Waals surface area contributed by atoms with Crippen LogP contribution in [0, 0.1) is 5.41 Å². The molecule has 0 saturated heterocycles. The van der Waals surface area contributed by atoms with Gasteiger partial charge in [0, 0.05) is 11.2 Å². The molecule has 1 rings (SSSR count). The monoisotopic (exact) mass is 315 g/mol. The molecular formula is C22H37N. The van der Waals surface area contributed by atoms with Gasteiger partial charge in [0.15, 0.2) is 0 Å². The van der Waals surface area contributed by atoms with Gasteiger partial charge in [0.25, 0.3) is 0 Å². The minimum atomic E-state index is 0.0812. The first-order valence-electron chi connectivity index (χ1n) is 8.81. The van der Waals surface area contributed by atoms with Crippen LogP contribution in [0.15, 0.2) is 36.9 Å². The fraction of sp³-hybridized carbons (Fsp3) is 0.545. The van der Waals surface area contributed by atoms with Gasteiger partial charge in [-0.05, 0) is 49.3 Å². The number of nitrogens with one attached hydrogen (secondary N) is 1. The van der Waals surface area contributed by atoms with Crippen molar-refractivity contribution in [3.8, 4) is 0 Å². The van der Waals surface area contributed by atoms with E-state index in [1.807, 2.05) is 13.8 Å². The van der Waals surface area contributed by atoms with Crippen LogP contribution in [0.1, 0.15) is 79.9 Å². The zero-order chi connectivity index (χ0) is 18.3. The summed E-state index contributed by atoms with van der Waals surface area (Å²) >= 11 is 0. The van der Waals surface area contributed by atoms with Crippen LogP contribution >= 0.6 is 0 Å². The molecule has 0 spiro atoms. The normalized spacial score (nSPS) is 12.3. The Morgan fingerprint density at radius 2 is 1.43 bits per heavy atom. The van der Waals surface area contributed by atoms with Crippen LogP contribution in [-0.2, 0) is 0 Å². The molecule has 0 unspecified atom stereocenters. The van der Waals surface area contributed by atoms with Crippen molar-refractivity contribution in [1.29, 1.82) is 0 Å². The molecule has 1 N–H and O–H groups in total. The molecule has 0 fully saturated rings. The van der Waals surface area contributed by atoms with E-state index in [2.05, 4.69) is 90.7 Å². The van der Waals surface area contributed by atoms with Crippen LogP contribution < -0.4 is 5.32 Å². The van der Waals surface area contributed by atoms with E-state index in [0.29, 0.717) is 0 Å². The topological polar surface area (TPSA) is 12.0 Å². The Hall–Kier alpha value is -1.50. The number of allylic oxidation sites excluding steroid dienone is 2. The first-order valence-corrected chi connectivity index (χ1v) is 8.81. The largest absolute Gasteiger partial charge is 0.380 e. The minimum Gasteiger partial charge on any atom is -0.380 e. The van der Waals surface area contributed by atoms with Gasteiger partial charge in [-0.3, -0.25) is 0 Å². The first kappa shape index (κ1) is 21.5. The number of benzene rings is 1. The maximum atomic E-state index is 4.17. The van der Waals surface area contributed by atoms with Gasteiger partial charge in [0.2, 0.25) is 0 Å². The maximum absolute atomic E-state index is 4.17. The van der Waals surface area contributed by atoms with Gasteiger partial charge in [-0.15, -0.1) is 0 Å². The highest BCUT2D eigenvalue weighted by molar-refractivity contribution is 5.68. The van der Waals surface area contributed by atoms with Gasteiger partial charge in [-0.2, -0.15) is 0 Å². The lowest BCUT2D eigenvalue weighted by molar-refractivity contribution is 0.437. The Morgan fingerprint density at radius 1 is 1.00 bits per heavy atom. The van der Waals surface area contributed by atoms with Crippen molar-refractivity contribution in [3.63, 3.8) is 0 Å². The second-order valence-electron chi connectivity index (χ2n) is 7.61. The summed E-state index contributed by atoms with van der Waals surface area (Å²) in [7, 11) is 0. The van der Waals surface area contributed by atoms with E-state index in [9.17, 15) is 0 Å². The molecular weight excluding hydrogens is 278 g/mol. The number of hydrogen-bond donors (Lipinski definition) is 1.